The van der Waals surface area contributed by atoms with Crippen LogP contribution in [0, 0.1) is 17.6 Å². The van der Waals surface area contributed by atoms with Crippen molar-refractivity contribution in [2.45, 2.75) is 38.6 Å². The maximum absolute atomic E-state index is 13.6. The Bertz CT molecular complexity index is 720. The van der Waals surface area contributed by atoms with E-state index in [1.807, 2.05) is 0 Å². The second-order valence-corrected chi connectivity index (χ2v) is 5.90. The lowest BCUT2D eigenvalue weighted by Gasteiger charge is -2.21. The molecule has 1 N–H and O–H groups in total. The molecule has 4 nitrogen and oxygen atoms in total. The standard InChI is InChI=1S/C15H16F2N2O2/c1-7(2)13(15(20)21)19-12-6-10(17)9(16)5-11(12)18-14(19)8-3-4-8/h5-8,13H,3-4H2,1-2H3,(H,20,21). The Balaban J connectivity index is 2.29. The lowest BCUT2D eigenvalue weighted by atomic mass is 10.0. The van der Waals surface area contributed by atoms with Crippen LogP contribution >= 0.6 is 0 Å². The van der Waals surface area contributed by atoms with Crippen molar-refractivity contribution in [1.82, 2.24) is 9.55 Å². The zero-order valence-corrected chi connectivity index (χ0v) is 11.8. The minimum atomic E-state index is -0.990. The third kappa shape index (κ3) is 2.28. The molecule has 21 heavy (non-hydrogen) atoms. The van der Waals surface area contributed by atoms with Crippen molar-refractivity contribution in [1.29, 1.82) is 0 Å². The summed E-state index contributed by atoms with van der Waals surface area (Å²) in [6, 6.07) is 1.24. The third-order valence-corrected chi connectivity index (χ3v) is 3.86. The summed E-state index contributed by atoms with van der Waals surface area (Å²) in [5.74, 6) is -2.33. The van der Waals surface area contributed by atoms with E-state index >= 15 is 0 Å². The minimum Gasteiger partial charge on any atom is -0.480 e. The highest BCUT2D eigenvalue weighted by atomic mass is 19.2. The Kier molecular flexibility index (Phi) is 3.19. The predicted octanol–water partition coefficient (Wildman–Crippen LogP) is 3.47. The Morgan fingerprint density at radius 1 is 1.33 bits per heavy atom. The first-order valence-electron chi connectivity index (χ1n) is 6.99. The van der Waals surface area contributed by atoms with Gasteiger partial charge in [0, 0.05) is 18.1 Å². The molecule has 0 saturated heterocycles. The highest BCUT2D eigenvalue weighted by Gasteiger charge is 2.35. The highest BCUT2D eigenvalue weighted by Crippen LogP contribution is 2.42. The van der Waals surface area contributed by atoms with E-state index in [9.17, 15) is 18.7 Å². The van der Waals surface area contributed by atoms with Gasteiger partial charge in [-0.2, -0.15) is 0 Å². The van der Waals surface area contributed by atoms with Crippen molar-refractivity contribution in [2.24, 2.45) is 5.92 Å². The third-order valence-electron chi connectivity index (χ3n) is 3.86. The molecule has 112 valence electrons. The maximum Gasteiger partial charge on any atom is 0.327 e. The SMILES string of the molecule is CC(C)C(C(=O)O)n1c(C2CC2)nc2cc(F)c(F)cc21. The topological polar surface area (TPSA) is 55.1 Å². The van der Waals surface area contributed by atoms with Crippen LogP contribution in [0.3, 0.4) is 0 Å². The van der Waals surface area contributed by atoms with Crippen molar-refractivity contribution in [3.63, 3.8) is 0 Å². The molecule has 0 amide bonds. The second kappa shape index (κ2) is 4.79. The van der Waals surface area contributed by atoms with E-state index in [0.717, 1.165) is 25.0 Å². The molecule has 6 heteroatoms. The van der Waals surface area contributed by atoms with E-state index in [1.165, 1.54) is 0 Å². The zero-order valence-electron chi connectivity index (χ0n) is 11.8. The number of aliphatic carboxylic acids is 1. The van der Waals surface area contributed by atoms with Crippen molar-refractivity contribution in [2.75, 3.05) is 0 Å². The number of fused-ring (bicyclic) bond motifs is 1. The van der Waals surface area contributed by atoms with Gasteiger partial charge >= 0.3 is 5.97 Å². The van der Waals surface area contributed by atoms with Gasteiger partial charge in [0.2, 0.25) is 0 Å². The molecule has 0 radical (unpaired) electrons. The summed E-state index contributed by atoms with van der Waals surface area (Å²) >= 11 is 0. The van der Waals surface area contributed by atoms with Gasteiger partial charge in [0.15, 0.2) is 11.6 Å². The molecule has 3 rings (SSSR count). The first kappa shape index (κ1) is 14.0. The maximum atomic E-state index is 13.6. The number of imidazole rings is 1. The fraction of sp³-hybridized carbons (Fsp3) is 0.467. The number of nitrogens with zero attached hydrogens (tertiary/aromatic N) is 2. The second-order valence-electron chi connectivity index (χ2n) is 5.90. The van der Waals surface area contributed by atoms with Crippen LogP contribution in [0.25, 0.3) is 11.0 Å². The summed E-state index contributed by atoms with van der Waals surface area (Å²) in [7, 11) is 0. The van der Waals surface area contributed by atoms with E-state index in [-0.39, 0.29) is 11.8 Å². The quantitative estimate of drug-likeness (QED) is 0.939. The van der Waals surface area contributed by atoms with Gasteiger partial charge in [-0.15, -0.1) is 0 Å². The summed E-state index contributed by atoms with van der Waals surface area (Å²) in [4.78, 5) is 16.0. The van der Waals surface area contributed by atoms with Gasteiger partial charge in [0.25, 0.3) is 0 Å². The average molecular weight is 294 g/mol. The summed E-state index contributed by atoms with van der Waals surface area (Å²) in [6.07, 6.45) is 1.86. The fourth-order valence-corrected chi connectivity index (χ4v) is 2.72. The molecule has 1 atom stereocenters. The summed E-state index contributed by atoms with van der Waals surface area (Å²) in [5.41, 5.74) is 0.652. The zero-order chi connectivity index (χ0) is 15.3. The number of benzene rings is 1. The van der Waals surface area contributed by atoms with Crippen LogP contribution in [0.4, 0.5) is 8.78 Å². The first-order valence-corrected chi connectivity index (χ1v) is 6.99. The van der Waals surface area contributed by atoms with Crippen LogP contribution in [0.5, 0.6) is 0 Å². The Morgan fingerprint density at radius 3 is 2.48 bits per heavy atom. The average Bonchev–Trinajstić information content (AvgIpc) is 3.16. The van der Waals surface area contributed by atoms with E-state index in [1.54, 1.807) is 18.4 Å². The predicted molar refractivity (Wildman–Crippen MR) is 73.1 cm³/mol. The molecular formula is C15H16F2N2O2. The Hall–Kier alpha value is -1.98. The Labute approximate surface area is 120 Å². The highest BCUT2D eigenvalue weighted by molar-refractivity contribution is 5.81. The largest absolute Gasteiger partial charge is 0.480 e. The van der Waals surface area contributed by atoms with Crippen molar-refractivity contribution in [3.8, 4) is 0 Å². The molecule has 2 aromatic rings. The van der Waals surface area contributed by atoms with Gasteiger partial charge < -0.3 is 9.67 Å². The van der Waals surface area contributed by atoms with Crippen LogP contribution in [-0.4, -0.2) is 20.6 Å². The monoisotopic (exact) mass is 294 g/mol. The van der Waals surface area contributed by atoms with Gasteiger partial charge in [-0.25, -0.2) is 18.6 Å². The van der Waals surface area contributed by atoms with Crippen molar-refractivity contribution < 1.29 is 18.7 Å². The van der Waals surface area contributed by atoms with E-state index in [0.29, 0.717) is 16.9 Å². The van der Waals surface area contributed by atoms with Gasteiger partial charge in [-0.05, 0) is 18.8 Å². The fourth-order valence-electron chi connectivity index (χ4n) is 2.72. The van der Waals surface area contributed by atoms with E-state index < -0.39 is 23.6 Å². The summed E-state index contributed by atoms with van der Waals surface area (Å²) in [5, 5.41) is 9.51. The number of carbonyl (C=O) groups is 1. The lowest BCUT2D eigenvalue weighted by Crippen LogP contribution is -2.25. The van der Waals surface area contributed by atoms with Crippen LogP contribution in [-0.2, 0) is 4.79 Å². The molecule has 1 aromatic carbocycles. The molecule has 1 aromatic heterocycles. The normalized spacial score (nSPS) is 16.6. The number of carboxylic acid groups (broad SMARTS) is 1. The van der Waals surface area contributed by atoms with Crippen LogP contribution in [0.15, 0.2) is 12.1 Å². The van der Waals surface area contributed by atoms with Crippen LogP contribution in [0.2, 0.25) is 0 Å². The molecule has 1 fully saturated rings. The summed E-state index contributed by atoms with van der Waals surface area (Å²) in [6.45, 7) is 3.59. The van der Waals surface area contributed by atoms with Crippen LogP contribution < -0.4 is 0 Å². The van der Waals surface area contributed by atoms with Crippen LogP contribution in [0.1, 0.15) is 44.5 Å². The Morgan fingerprint density at radius 2 is 1.95 bits per heavy atom. The molecule has 1 unspecified atom stereocenters. The van der Waals surface area contributed by atoms with Gasteiger partial charge in [0.05, 0.1) is 11.0 Å². The molecular weight excluding hydrogens is 278 g/mol. The lowest BCUT2D eigenvalue weighted by molar-refractivity contribution is -0.142. The number of aromatic nitrogens is 2. The van der Waals surface area contributed by atoms with Gasteiger partial charge in [-0.3, -0.25) is 0 Å². The summed E-state index contributed by atoms with van der Waals surface area (Å²) < 4.78 is 28.5. The smallest absolute Gasteiger partial charge is 0.327 e. The number of hydrogen-bond donors (Lipinski definition) is 1. The number of rotatable bonds is 4. The van der Waals surface area contributed by atoms with Crippen molar-refractivity contribution >= 4 is 17.0 Å². The molecule has 0 spiro atoms. The van der Waals surface area contributed by atoms with Gasteiger partial charge in [0.1, 0.15) is 11.9 Å². The first-order chi connectivity index (χ1) is 9.90. The molecule has 1 heterocycles. The minimum absolute atomic E-state index is 0.184. The van der Waals surface area contributed by atoms with Gasteiger partial charge in [-0.1, -0.05) is 13.8 Å². The number of hydrogen-bond acceptors (Lipinski definition) is 2. The number of carboxylic acids is 1. The molecule has 1 saturated carbocycles. The van der Waals surface area contributed by atoms with E-state index in [2.05, 4.69) is 4.98 Å². The van der Waals surface area contributed by atoms with E-state index in [4.69, 9.17) is 0 Å². The van der Waals surface area contributed by atoms with Crippen molar-refractivity contribution in [3.05, 3.63) is 29.6 Å². The molecule has 1 aliphatic carbocycles. The molecule has 1 aliphatic rings. The molecule has 0 bridgehead atoms. The molecule has 0 aliphatic heterocycles. The number of halogens is 2.